The highest BCUT2D eigenvalue weighted by Crippen LogP contribution is 2.33. The van der Waals surface area contributed by atoms with E-state index in [0.717, 1.165) is 16.5 Å². The zero-order valence-corrected chi connectivity index (χ0v) is 9.69. The second kappa shape index (κ2) is 4.29. The second-order valence-electron chi connectivity index (χ2n) is 4.53. The predicted octanol–water partition coefficient (Wildman–Crippen LogP) is 2.64. The zero-order valence-electron chi connectivity index (χ0n) is 9.69. The highest BCUT2D eigenvalue weighted by molar-refractivity contribution is 5.87. The fraction of sp³-hybridized carbons (Fsp3) is 0.214. The van der Waals surface area contributed by atoms with Crippen LogP contribution >= 0.6 is 0 Å². The lowest BCUT2D eigenvalue weighted by Gasteiger charge is -2.08. The summed E-state index contributed by atoms with van der Waals surface area (Å²) in [6.45, 7) is 0. The number of alkyl halides is 1. The Morgan fingerprint density at radius 1 is 1.17 bits per heavy atom. The fourth-order valence-electron chi connectivity index (χ4n) is 1.93. The number of amides is 1. The number of nitrogens with one attached hydrogen (secondary N) is 2. The molecule has 3 nitrogen and oxygen atoms in total. The van der Waals surface area contributed by atoms with Gasteiger partial charge < -0.3 is 0 Å². The van der Waals surface area contributed by atoms with Crippen molar-refractivity contribution in [2.75, 3.05) is 5.43 Å². The van der Waals surface area contributed by atoms with Crippen molar-refractivity contribution >= 4 is 22.4 Å². The van der Waals surface area contributed by atoms with Gasteiger partial charge in [0.05, 0.1) is 11.6 Å². The molecular formula is C14H13FN2O. The number of anilines is 1. The molecule has 1 fully saturated rings. The Kier molecular flexibility index (Phi) is 2.63. The van der Waals surface area contributed by atoms with Crippen molar-refractivity contribution < 1.29 is 9.18 Å². The fourth-order valence-corrected chi connectivity index (χ4v) is 1.93. The summed E-state index contributed by atoms with van der Waals surface area (Å²) in [5.74, 6) is -0.756. The van der Waals surface area contributed by atoms with Gasteiger partial charge in [-0.2, -0.15) is 0 Å². The van der Waals surface area contributed by atoms with E-state index >= 15 is 0 Å². The molecular weight excluding hydrogens is 231 g/mol. The number of hydrogen-bond acceptors (Lipinski definition) is 2. The van der Waals surface area contributed by atoms with Crippen molar-refractivity contribution in [3.63, 3.8) is 0 Å². The van der Waals surface area contributed by atoms with E-state index in [-0.39, 0.29) is 5.91 Å². The molecule has 3 rings (SSSR count). The van der Waals surface area contributed by atoms with Crippen LogP contribution in [0.4, 0.5) is 10.1 Å². The van der Waals surface area contributed by atoms with Gasteiger partial charge in [0.15, 0.2) is 0 Å². The van der Waals surface area contributed by atoms with E-state index in [0.29, 0.717) is 6.42 Å². The minimum atomic E-state index is -0.969. The molecule has 0 spiro atoms. The van der Waals surface area contributed by atoms with Gasteiger partial charge in [-0.15, -0.1) is 0 Å². The molecule has 2 aromatic rings. The Morgan fingerprint density at radius 3 is 2.61 bits per heavy atom. The minimum absolute atomic E-state index is 0.282. The molecule has 18 heavy (non-hydrogen) atoms. The molecule has 2 N–H and O–H groups in total. The monoisotopic (exact) mass is 244 g/mol. The molecule has 0 aromatic heterocycles. The molecule has 0 bridgehead atoms. The molecule has 2 aromatic carbocycles. The zero-order chi connectivity index (χ0) is 12.5. The van der Waals surface area contributed by atoms with Gasteiger partial charge in [0.2, 0.25) is 5.91 Å². The summed E-state index contributed by atoms with van der Waals surface area (Å²) < 4.78 is 12.7. The van der Waals surface area contributed by atoms with Crippen molar-refractivity contribution in [1.82, 2.24) is 5.43 Å². The smallest absolute Gasteiger partial charge is 0.244 e. The SMILES string of the molecule is O=C(NNc1ccc2ccccc2c1)[C@@H]1C[C@@H]1F. The topological polar surface area (TPSA) is 41.1 Å². The van der Waals surface area contributed by atoms with Gasteiger partial charge in [-0.25, -0.2) is 4.39 Å². The van der Waals surface area contributed by atoms with Gasteiger partial charge in [0, 0.05) is 0 Å². The van der Waals surface area contributed by atoms with E-state index in [1.165, 1.54) is 0 Å². The molecule has 0 radical (unpaired) electrons. The van der Waals surface area contributed by atoms with Crippen LogP contribution in [0.2, 0.25) is 0 Å². The predicted molar refractivity (Wildman–Crippen MR) is 68.7 cm³/mol. The lowest BCUT2D eigenvalue weighted by molar-refractivity contribution is -0.122. The minimum Gasteiger partial charge on any atom is -0.299 e. The molecule has 4 heteroatoms. The summed E-state index contributed by atoms with van der Waals surface area (Å²) in [7, 11) is 0. The highest BCUT2D eigenvalue weighted by Gasteiger charge is 2.43. The van der Waals surface area contributed by atoms with Gasteiger partial charge in [-0.3, -0.25) is 15.6 Å². The van der Waals surface area contributed by atoms with Crippen LogP contribution in [0, 0.1) is 5.92 Å². The maximum atomic E-state index is 12.7. The summed E-state index contributed by atoms with van der Waals surface area (Å²) >= 11 is 0. The molecule has 2 atom stereocenters. The van der Waals surface area contributed by atoms with Crippen LogP contribution < -0.4 is 10.9 Å². The van der Waals surface area contributed by atoms with E-state index < -0.39 is 12.1 Å². The van der Waals surface area contributed by atoms with Crippen molar-refractivity contribution in [2.24, 2.45) is 5.92 Å². The molecule has 0 aliphatic heterocycles. The molecule has 1 saturated carbocycles. The summed E-state index contributed by atoms with van der Waals surface area (Å²) in [6.07, 6.45) is -0.631. The number of carbonyl (C=O) groups is 1. The Bertz CT molecular complexity index is 599. The second-order valence-corrected chi connectivity index (χ2v) is 4.53. The van der Waals surface area contributed by atoms with E-state index in [4.69, 9.17) is 0 Å². The Labute approximate surface area is 104 Å². The maximum absolute atomic E-state index is 12.7. The standard InChI is InChI=1S/C14H13FN2O/c15-13-8-12(13)14(18)17-16-11-6-5-9-3-1-2-4-10(9)7-11/h1-7,12-13,16H,8H2,(H,17,18)/t12-,13+/m1/s1. The Balaban J connectivity index is 1.69. The number of hydrazine groups is 1. The van der Waals surface area contributed by atoms with E-state index in [1.54, 1.807) is 0 Å². The average molecular weight is 244 g/mol. The van der Waals surface area contributed by atoms with Gasteiger partial charge in [0.1, 0.15) is 6.17 Å². The maximum Gasteiger partial charge on any atom is 0.244 e. The summed E-state index contributed by atoms with van der Waals surface area (Å²) in [5.41, 5.74) is 6.13. The van der Waals surface area contributed by atoms with Crippen LogP contribution in [0.5, 0.6) is 0 Å². The first kappa shape index (κ1) is 11.0. The van der Waals surface area contributed by atoms with Gasteiger partial charge in [-0.05, 0) is 29.3 Å². The lowest BCUT2D eigenvalue weighted by atomic mass is 10.1. The number of fused-ring (bicyclic) bond motifs is 1. The Morgan fingerprint density at radius 2 is 1.89 bits per heavy atom. The van der Waals surface area contributed by atoms with Crippen LogP contribution in [0.25, 0.3) is 10.8 Å². The van der Waals surface area contributed by atoms with Gasteiger partial charge in [-0.1, -0.05) is 30.3 Å². The molecule has 0 unspecified atom stereocenters. The van der Waals surface area contributed by atoms with E-state index in [9.17, 15) is 9.18 Å². The molecule has 1 aliphatic carbocycles. The lowest BCUT2D eigenvalue weighted by Crippen LogP contribution is -2.31. The third-order valence-corrected chi connectivity index (χ3v) is 3.13. The first-order chi connectivity index (χ1) is 8.74. The van der Waals surface area contributed by atoms with Gasteiger partial charge >= 0.3 is 0 Å². The summed E-state index contributed by atoms with van der Waals surface area (Å²) in [4.78, 5) is 11.4. The van der Waals surface area contributed by atoms with Gasteiger partial charge in [0.25, 0.3) is 0 Å². The van der Waals surface area contributed by atoms with Crippen molar-refractivity contribution in [2.45, 2.75) is 12.6 Å². The largest absolute Gasteiger partial charge is 0.299 e. The number of halogens is 1. The molecule has 92 valence electrons. The van der Waals surface area contributed by atoms with Crippen LogP contribution in [-0.4, -0.2) is 12.1 Å². The molecule has 1 aliphatic rings. The quantitative estimate of drug-likeness (QED) is 0.815. The van der Waals surface area contributed by atoms with Crippen molar-refractivity contribution in [3.8, 4) is 0 Å². The summed E-state index contributed by atoms with van der Waals surface area (Å²) in [5, 5.41) is 2.23. The number of rotatable bonds is 3. The average Bonchev–Trinajstić information content (AvgIpc) is 3.13. The normalized spacial score (nSPS) is 21.6. The first-order valence-corrected chi connectivity index (χ1v) is 5.93. The third-order valence-electron chi connectivity index (χ3n) is 3.13. The van der Waals surface area contributed by atoms with Crippen LogP contribution in [0.3, 0.4) is 0 Å². The molecule has 1 amide bonds. The van der Waals surface area contributed by atoms with E-state index in [1.807, 2.05) is 42.5 Å². The number of benzene rings is 2. The Hall–Kier alpha value is -2.10. The van der Waals surface area contributed by atoms with Crippen LogP contribution in [-0.2, 0) is 4.79 Å². The highest BCUT2D eigenvalue weighted by atomic mass is 19.1. The van der Waals surface area contributed by atoms with E-state index in [2.05, 4.69) is 10.9 Å². The molecule has 0 saturated heterocycles. The van der Waals surface area contributed by atoms with Crippen molar-refractivity contribution in [1.29, 1.82) is 0 Å². The number of carbonyl (C=O) groups excluding carboxylic acids is 1. The van der Waals surface area contributed by atoms with Crippen LogP contribution in [0.1, 0.15) is 6.42 Å². The third kappa shape index (κ3) is 2.14. The number of hydrogen-bond donors (Lipinski definition) is 2. The summed E-state index contributed by atoms with van der Waals surface area (Å²) in [6, 6.07) is 13.8. The first-order valence-electron chi connectivity index (χ1n) is 5.93. The van der Waals surface area contributed by atoms with Crippen molar-refractivity contribution in [3.05, 3.63) is 42.5 Å². The van der Waals surface area contributed by atoms with Crippen LogP contribution in [0.15, 0.2) is 42.5 Å². The molecule has 0 heterocycles.